The van der Waals surface area contributed by atoms with E-state index in [9.17, 15) is 9.59 Å². The van der Waals surface area contributed by atoms with Crippen LogP contribution in [-0.2, 0) is 20.7 Å². The van der Waals surface area contributed by atoms with Crippen molar-refractivity contribution in [2.45, 2.75) is 26.3 Å². The molecule has 7 heteroatoms. The molecular formula is C21H32N4O3. The van der Waals surface area contributed by atoms with Gasteiger partial charge < -0.3 is 15.0 Å². The Balaban J connectivity index is 1.42. The second-order valence-corrected chi connectivity index (χ2v) is 7.52. The van der Waals surface area contributed by atoms with Gasteiger partial charge in [0, 0.05) is 45.0 Å². The largest absolute Gasteiger partial charge is 0.378 e. The van der Waals surface area contributed by atoms with Gasteiger partial charge in [-0.15, -0.1) is 0 Å². The lowest BCUT2D eigenvalue weighted by Gasteiger charge is -2.38. The fraction of sp³-hybridized carbons (Fsp3) is 0.619. The zero-order valence-corrected chi connectivity index (χ0v) is 17.0. The molecule has 7 nitrogen and oxygen atoms in total. The molecule has 2 amide bonds. The third-order valence-corrected chi connectivity index (χ3v) is 5.69. The Morgan fingerprint density at radius 1 is 1.04 bits per heavy atom. The number of rotatable bonds is 6. The molecule has 2 fully saturated rings. The first kappa shape index (κ1) is 20.8. The van der Waals surface area contributed by atoms with Crippen molar-refractivity contribution in [3.8, 4) is 0 Å². The number of nitrogens with zero attached hydrogens (tertiary/aromatic N) is 3. The number of piperazine rings is 1. The maximum absolute atomic E-state index is 12.6. The molecule has 1 unspecified atom stereocenters. The Morgan fingerprint density at radius 3 is 2.29 bits per heavy atom. The number of nitrogens with one attached hydrogen (secondary N) is 1. The van der Waals surface area contributed by atoms with E-state index in [0.29, 0.717) is 32.8 Å². The quantitative estimate of drug-likeness (QED) is 0.789. The van der Waals surface area contributed by atoms with Crippen LogP contribution in [0.25, 0.3) is 0 Å². The third kappa shape index (κ3) is 5.53. The molecule has 2 aliphatic heterocycles. The Morgan fingerprint density at radius 2 is 1.68 bits per heavy atom. The molecular weight excluding hydrogens is 356 g/mol. The third-order valence-electron chi connectivity index (χ3n) is 5.69. The first-order valence-electron chi connectivity index (χ1n) is 10.3. The molecule has 1 N–H and O–H groups in total. The van der Waals surface area contributed by atoms with E-state index >= 15 is 0 Å². The molecule has 0 aromatic heterocycles. The highest BCUT2D eigenvalue weighted by Crippen LogP contribution is 2.13. The number of amides is 2. The van der Waals surface area contributed by atoms with Crippen molar-refractivity contribution in [2.75, 3.05) is 64.3 Å². The van der Waals surface area contributed by atoms with Gasteiger partial charge in [0.05, 0.1) is 25.8 Å². The van der Waals surface area contributed by atoms with Crippen molar-refractivity contribution in [1.82, 2.24) is 14.7 Å². The van der Waals surface area contributed by atoms with Crippen molar-refractivity contribution < 1.29 is 14.3 Å². The van der Waals surface area contributed by atoms with Crippen molar-refractivity contribution in [2.24, 2.45) is 0 Å². The van der Waals surface area contributed by atoms with Gasteiger partial charge in [0.1, 0.15) is 0 Å². The molecule has 1 aromatic rings. The summed E-state index contributed by atoms with van der Waals surface area (Å²) in [6.45, 7) is 10.4. The maximum Gasteiger partial charge on any atom is 0.241 e. The normalized spacial score (nSPS) is 20.0. The smallest absolute Gasteiger partial charge is 0.241 e. The van der Waals surface area contributed by atoms with Gasteiger partial charge in [-0.1, -0.05) is 19.1 Å². The predicted octanol–water partition coefficient (Wildman–Crippen LogP) is 1.05. The van der Waals surface area contributed by atoms with Crippen LogP contribution in [0, 0.1) is 0 Å². The van der Waals surface area contributed by atoms with E-state index in [1.165, 1.54) is 5.56 Å². The summed E-state index contributed by atoms with van der Waals surface area (Å²) in [5.41, 5.74) is 2.09. The summed E-state index contributed by atoms with van der Waals surface area (Å²) < 4.78 is 5.30. The van der Waals surface area contributed by atoms with E-state index in [1.807, 2.05) is 36.1 Å². The first-order chi connectivity index (χ1) is 13.6. The number of carbonyl (C=O) groups excluding carboxylic acids is 2. The summed E-state index contributed by atoms with van der Waals surface area (Å²) in [7, 11) is 0. The Kier molecular flexibility index (Phi) is 7.42. The first-order valence-corrected chi connectivity index (χ1v) is 10.3. The minimum absolute atomic E-state index is 0.0158. The van der Waals surface area contributed by atoms with E-state index in [0.717, 1.165) is 38.3 Å². The molecule has 28 heavy (non-hydrogen) atoms. The fourth-order valence-electron chi connectivity index (χ4n) is 3.65. The second-order valence-electron chi connectivity index (χ2n) is 7.52. The molecule has 0 spiro atoms. The van der Waals surface area contributed by atoms with Crippen LogP contribution in [-0.4, -0.2) is 91.6 Å². The topological polar surface area (TPSA) is 65.1 Å². The summed E-state index contributed by atoms with van der Waals surface area (Å²) in [6, 6.07) is 7.81. The standard InChI is InChI=1S/C21H32N4O3/c1-3-18-4-6-19(7-5-18)22-21(27)17(2)24-10-8-23(9-11-24)16-20(26)25-12-14-28-15-13-25/h4-7,17H,3,8-16H2,1-2H3,(H,22,27). The molecule has 1 atom stereocenters. The second kappa shape index (κ2) is 10.0. The number of hydrogen-bond donors (Lipinski definition) is 1. The van der Waals surface area contributed by atoms with Crippen molar-refractivity contribution in [3.05, 3.63) is 29.8 Å². The highest BCUT2D eigenvalue weighted by molar-refractivity contribution is 5.94. The molecule has 2 heterocycles. The highest BCUT2D eigenvalue weighted by atomic mass is 16.5. The van der Waals surface area contributed by atoms with Gasteiger partial charge in [-0.2, -0.15) is 0 Å². The van der Waals surface area contributed by atoms with Gasteiger partial charge in [-0.25, -0.2) is 0 Å². The monoisotopic (exact) mass is 388 g/mol. The lowest BCUT2D eigenvalue weighted by atomic mass is 10.1. The molecule has 0 bridgehead atoms. The zero-order chi connectivity index (χ0) is 19.9. The van der Waals surface area contributed by atoms with E-state index in [-0.39, 0.29) is 17.9 Å². The molecule has 0 aliphatic carbocycles. The van der Waals surface area contributed by atoms with Gasteiger partial charge in [-0.3, -0.25) is 19.4 Å². The molecule has 2 saturated heterocycles. The highest BCUT2D eigenvalue weighted by Gasteiger charge is 2.27. The number of hydrogen-bond acceptors (Lipinski definition) is 5. The van der Waals surface area contributed by atoms with Crippen LogP contribution in [0.15, 0.2) is 24.3 Å². The van der Waals surface area contributed by atoms with Crippen LogP contribution < -0.4 is 5.32 Å². The fourth-order valence-corrected chi connectivity index (χ4v) is 3.65. The number of benzene rings is 1. The van der Waals surface area contributed by atoms with Crippen LogP contribution >= 0.6 is 0 Å². The molecule has 0 saturated carbocycles. The van der Waals surface area contributed by atoms with Crippen LogP contribution in [0.1, 0.15) is 19.4 Å². The van der Waals surface area contributed by atoms with Gasteiger partial charge in [-0.05, 0) is 31.0 Å². The number of ether oxygens (including phenoxy) is 1. The number of morpholine rings is 1. The lowest BCUT2D eigenvalue weighted by Crippen LogP contribution is -2.55. The van der Waals surface area contributed by atoms with Crippen LogP contribution in [0.5, 0.6) is 0 Å². The van der Waals surface area contributed by atoms with Crippen molar-refractivity contribution in [3.63, 3.8) is 0 Å². The van der Waals surface area contributed by atoms with Gasteiger partial charge in [0.15, 0.2) is 0 Å². The average Bonchev–Trinajstić information content (AvgIpc) is 2.75. The average molecular weight is 389 g/mol. The number of anilines is 1. The van der Waals surface area contributed by atoms with E-state index in [2.05, 4.69) is 22.0 Å². The molecule has 1 aromatic carbocycles. The minimum Gasteiger partial charge on any atom is -0.378 e. The Labute approximate surface area is 167 Å². The summed E-state index contributed by atoms with van der Waals surface area (Å²) >= 11 is 0. The summed E-state index contributed by atoms with van der Waals surface area (Å²) in [5.74, 6) is 0.195. The van der Waals surface area contributed by atoms with Crippen molar-refractivity contribution in [1.29, 1.82) is 0 Å². The lowest BCUT2D eigenvalue weighted by molar-refractivity contribution is -0.137. The van der Waals surface area contributed by atoms with E-state index in [4.69, 9.17) is 4.74 Å². The predicted molar refractivity (Wildman–Crippen MR) is 109 cm³/mol. The molecule has 2 aliphatic rings. The SMILES string of the molecule is CCc1ccc(NC(=O)C(C)N2CCN(CC(=O)N3CCOCC3)CC2)cc1. The Bertz CT molecular complexity index is 650. The van der Waals surface area contributed by atoms with Crippen LogP contribution in [0.3, 0.4) is 0 Å². The zero-order valence-electron chi connectivity index (χ0n) is 17.0. The van der Waals surface area contributed by atoms with Crippen molar-refractivity contribution >= 4 is 17.5 Å². The van der Waals surface area contributed by atoms with E-state index in [1.54, 1.807) is 0 Å². The molecule has 3 rings (SSSR count). The summed E-state index contributed by atoms with van der Waals surface area (Å²) in [6.07, 6.45) is 0.989. The van der Waals surface area contributed by atoms with Gasteiger partial charge in [0.25, 0.3) is 0 Å². The summed E-state index contributed by atoms with van der Waals surface area (Å²) in [5, 5.41) is 3.01. The summed E-state index contributed by atoms with van der Waals surface area (Å²) in [4.78, 5) is 31.2. The Hall–Kier alpha value is -1.96. The molecule has 0 radical (unpaired) electrons. The number of aryl methyl sites for hydroxylation is 1. The maximum atomic E-state index is 12.6. The number of carbonyl (C=O) groups is 2. The van der Waals surface area contributed by atoms with E-state index < -0.39 is 0 Å². The minimum atomic E-state index is -0.192. The van der Waals surface area contributed by atoms with Gasteiger partial charge in [0.2, 0.25) is 11.8 Å². The van der Waals surface area contributed by atoms with Crippen LogP contribution in [0.2, 0.25) is 0 Å². The molecule has 154 valence electrons. The van der Waals surface area contributed by atoms with Gasteiger partial charge >= 0.3 is 0 Å². The van der Waals surface area contributed by atoms with Crippen LogP contribution in [0.4, 0.5) is 5.69 Å².